The van der Waals surface area contributed by atoms with Gasteiger partial charge < -0.3 is 19.4 Å². The number of hydrogen-bond acceptors (Lipinski definition) is 3. The maximum Gasteiger partial charge on any atom is 0.141 e. The Morgan fingerprint density at radius 2 is 0.732 bits per heavy atom. The van der Waals surface area contributed by atoms with Crippen LogP contribution in [0.5, 0.6) is 0 Å². The zero-order chi connectivity index (χ0) is 37.7. The molecule has 1 saturated heterocycles. The average Bonchev–Trinajstić information content (AvgIpc) is 3.41. The van der Waals surface area contributed by atoms with Crippen LogP contribution >= 0.6 is 0 Å². The minimum absolute atomic E-state index is 0.639. The van der Waals surface area contributed by atoms with Gasteiger partial charge >= 0.3 is 0 Å². The van der Waals surface area contributed by atoms with Gasteiger partial charge in [-0.3, -0.25) is 0 Å². The molecule has 2 aliphatic heterocycles. The predicted octanol–water partition coefficient (Wildman–Crippen LogP) is 10.1. The molecule has 10 rings (SSSR count). The molecule has 2 heterocycles. The van der Waals surface area contributed by atoms with Crippen LogP contribution < -0.4 is 0 Å². The van der Waals surface area contributed by atoms with E-state index in [1.807, 2.05) is 121 Å². The molecular formula is C52H44NO3+. The topological polar surface area (TPSA) is 49.7 Å². The molecule has 0 aromatic heterocycles. The Balaban J connectivity index is 1.41. The van der Waals surface area contributed by atoms with Crippen molar-refractivity contribution in [3.63, 3.8) is 0 Å². The minimum atomic E-state index is -1.46. The molecule has 0 atom stereocenters. The van der Waals surface area contributed by atoms with Crippen LogP contribution in [0.3, 0.4) is 0 Å². The highest BCUT2D eigenvalue weighted by Crippen LogP contribution is 2.52. The van der Waals surface area contributed by atoms with E-state index in [0.717, 1.165) is 94.8 Å². The molecule has 274 valence electrons. The number of rotatable bonds is 6. The molecule has 1 fully saturated rings. The van der Waals surface area contributed by atoms with Crippen LogP contribution in [0.15, 0.2) is 182 Å². The van der Waals surface area contributed by atoms with Gasteiger partial charge in [0.15, 0.2) is 0 Å². The van der Waals surface area contributed by atoms with Gasteiger partial charge in [-0.2, -0.15) is 0 Å². The van der Waals surface area contributed by atoms with Crippen LogP contribution in [-0.2, 0) is 29.0 Å². The molecule has 0 aliphatic carbocycles. The number of ether oxygens (including phenoxy) is 1. The van der Waals surface area contributed by atoms with Gasteiger partial charge in [-0.15, -0.1) is 0 Å². The number of fused-ring (bicyclic) bond motifs is 7. The van der Waals surface area contributed by atoms with Gasteiger partial charge in [-0.05, 0) is 67.1 Å². The highest BCUT2D eigenvalue weighted by molar-refractivity contribution is 6.09. The summed E-state index contributed by atoms with van der Waals surface area (Å²) in [6, 6.07) is 62.3. The van der Waals surface area contributed by atoms with E-state index in [0.29, 0.717) is 26.3 Å². The molecule has 0 radical (unpaired) electrons. The second-order valence-electron chi connectivity index (χ2n) is 15.6. The predicted molar refractivity (Wildman–Crippen MR) is 225 cm³/mol. The number of quaternary nitrogens is 1. The van der Waals surface area contributed by atoms with Crippen molar-refractivity contribution in [2.24, 2.45) is 0 Å². The van der Waals surface area contributed by atoms with Crippen molar-refractivity contribution in [2.45, 2.75) is 24.3 Å². The summed E-state index contributed by atoms with van der Waals surface area (Å²) >= 11 is 0. The lowest BCUT2D eigenvalue weighted by Crippen LogP contribution is -2.54. The van der Waals surface area contributed by atoms with E-state index in [-0.39, 0.29) is 0 Å². The van der Waals surface area contributed by atoms with Gasteiger partial charge in [0, 0.05) is 22.3 Å². The Morgan fingerprint density at radius 1 is 0.411 bits per heavy atom. The largest absolute Gasteiger partial charge is 0.376 e. The molecule has 56 heavy (non-hydrogen) atoms. The second kappa shape index (κ2) is 13.7. The van der Waals surface area contributed by atoms with Crippen LogP contribution in [0.1, 0.15) is 44.5 Å². The summed E-state index contributed by atoms with van der Waals surface area (Å²) in [7, 11) is 0. The summed E-state index contributed by atoms with van der Waals surface area (Å²) in [5.41, 5.74) is 6.65. The van der Waals surface area contributed by atoms with Gasteiger partial charge in [-0.25, -0.2) is 0 Å². The van der Waals surface area contributed by atoms with Crippen molar-refractivity contribution in [1.82, 2.24) is 0 Å². The van der Waals surface area contributed by atoms with Crippen LogP contribution in [0.25, 0.3) is 32.7 Å². The van der Waals surface area contributed by atoms with Crippen molar-refractivity contribution in [1.29, 1.82) is 0 Å². The summed E-state index contributed by atoms with van der Waals surface area (Å²) in [6.07, 6.45) is 0. The Hall–Kier alpha value is -5.88. The SMILES string of the molecule is OC(c1ccccc1)(c1ccccc1)c1cc2ccccc2c2c1C[N+]1(CCOCC1)Cc1c(C(O)(c3ccccc3)c3ccccc3)cc3ccccc3c1-2. The summed E-state index contributed by atoms with van der Waals surface area (Å²) in [6.45, 7) is 4.28. The van der Waals surface area contributed by atoms with Crippen LogP contribution in [0.4, 0.5) is 0 Å². The fraction of sp³-hybridized carbons (Fsp3) is 0.154. The standard InChI is InChI=1S/C52H44NO3/c54-51(39-19-5-1-6-20-39,40-21-7-2-8-22-40)47-33-37-17-13-15-27-43(37)49-45(47)35-53(29-31-56-32-30-53)36-46-48(34-38-18-14-16-28-44(38)50(46)49)52(55,41-23-9-3-10-24-41)42-25-11-4-12-26-42/h1-28,33-34,54-55H,29-32,35-36H2/q+1. The maximum absolute atomic E-state index is 13.7. The van der Waals surface area contributed by atoms with Crippen molar-refractivity contribution >= 4 is 21.5 Å². The monoisotopic (exact) mass is 730 g/mol. The van der Waals surface area contributed by atoms with E-state index in [2.05, 4.69) is 60.7 Å². The van der Waals surface area contributed by atoms with Gasteiger partial charge in [0.1, 0.15) is 37.4 Å². The quantitative estimate of drug-likeness (QED) is 0.132. The molecule has 0 saturated carbocycles. The zero-order valence-electron chi connectivity index (χ0n) is 31.3. The zero-order valence-corrected chi connectivity index (χ0v) is 31.3. The minimum Gasteiger partial charge on any atom is -0.376 e. The lowest BCUT2D eigenvalue weighted by molar-refractivity contribution is -0.959. The Kier molecular flexibility index (Phi) is 8.46. The molecule has 0 bridgehead atoms. The lowest BCUT2D eigenvalue weighted by atomic mass is 9.73. The molecule has 4 heteroatoms. The first-order valence-corrected chi connectivity index (χ1v) is 19.7. The van der Waals surface area contributed by atoms with Gasteiger partial charge in [0.2, 0.25) is 0 Å². The van der Waals surface area contributed by atoms with E-state index in [9.17, 15) is 10.2 Å². The van der Waals surface area contributed by atoms with Crippen molar-refractivity contribution < 1.29 is 19.4 Å². The highest BCUT2D eigenvalue weighted by Gasteiger charge is 2.46. The Labute approximate surface area is 328 Å². The Morgan fingerprint density at radius 3 is 1.09 bits per heavy atom. The smallest absolute Gasteiger partial charge is 0.141 e. The molecule has 4 nitrogen and oxygen atoms in total. The van der Waals surface area contributed by atoms with E-state index < -0.39 is 11.2 Å². The van der Waals surface area contributed by atoms with Crippen molar-refractivity contribution in [2.75, 3.05) is 26.3 Å². The third kappa shape index (κ3) is 5.44. The van der Waals surface area contributed by atoms with E-state index in [1.165, 1.54) is 0 Å². The molecule has 8 aromatic carbocycles. The molecule has 1 spiro atoms. The maximum atomic E-state index is 13.7. The van der Waals surface area contributed by atoms with Gasteiger partial charge in [0.05, 0.1) is 13.2 Å². The summed E-state index contributed by atoms with van der Waals surface area (Å²) in [5, 5.41) is 31.8. The third-order valence-electron chi connectivity index (χ3n) is 12.5. The van der Waals surface area contributed by atoms with Crippen LogP contribution in [0.2, 0.25) is 0 Å². The third-order valence-corrected chi connectivity index (χ3v) is 12.5. The average molecular weight is 731 g/mol. The molecule has 8 aromatic rings. The van der Waals surface area contributed by atoms with E-state index in [1.54, 1.807) is 0 Å². The summed E-state index contributed by atoms with van der Waals surface area (Å²) < 4.78 is 6.84. The highest BCUT2D eigenvalue weighted by atomic mass is 16.5. The van der Waals surface area contributed by atoms with Gasteiger partial charge in [-0.1, -0.05) is 170 Å². The van der Waals surface area contributed by atoms with Crippen LogP contribution in [0, 0.1) is 0 Å². The molecule has 0 unspecified atom stereocenters. The lowest BCUT2D eigenvalue weighted by Gasteiger charge is -2.43. The first-order valence-electron chi connectivity index (χ1n) is 19.7. The Bertz CT molecular complexity index is 2430. The normalized spacial score (nSPS) is 15.3. The molecule has 2 N–H and O–H groups in total. The number of hydrogen-bond donors (Lipinski definition) is 2. The molecule has 0 amide bonds. The fourth-order valence-corrected chi connectivity index (χ4v) is 9.77. The summed E-state index contributed by atoms with van der Waals surface area (Å²) in [5.74, 6) is 0. The van der Waals surface area contributed by atoms with Crippen molar-refractivity contribution in [3.8, 4) is 11.1 Å². The molecular weight excluding hydrogens is 687 g/mol. The number of nitrogens with zero attached hydrogens (tertiary/aromatic N) is 1. The number of benzene rings is 8. The number of morpholine rings is 1. The first kappa shape index (κ1) is 34.6. The first-order chi connectivity index (χ1) is 27.5. The van der Waals surface area contributed by atoms with Crippen molar-refractivity contribution in [3.05, 3.63) is 226 Å². The number of aliphatic hydroxyl groups is 2. The van der Waals surface area contributed by atoms with E-state index >= 15 is 0 Å². The van der Waals surface area contributed by atoms with Gasteiger partial charge in [0.25, 0.3) is 0 Å². The van der Waals surface area contributed by atoms with E-state index in [4.69, 9.17) is 4.74 Å². The summed E-state index contributed by atoms with van der Waals surface area (Å²) in [4.78, 5) is 0. The fourth-order valence-electron chi connectivity index (χ4n) is 9.77. The molecule has 2 aliphatic rings. The second-order valence-corrected chi connectivity index (χ2v) is 15.6. The van der Waals surface area contributed by atoms with Crippen LogP contribution in [-0.4, -0.2) is 41.0 Å².